The largest absolute Gasteiger partial charge is 0.454 e. The summed E-state index contributed by atoms with van der Waals surface area (Å²) in [5.41, 5.74) is 2.66. The number of nitrogens with one attached hydrogen (secondary N) is 2. The molecule has 0 saturated heterocycles. The first kappa shape index (κ1) is 18.2. The molecule has 2 aromatic carbocycles. The standard InChI is InChI=1S/C21H23N3O4/c1-13(2)19(20(25)24-10-9-14-5-3-4-6-16(14)24)23-21(26)22-15-7-8-17-18(11-15)28-12-27-17/h3-8,11,13,19H,9-10,12H2,1-2H3,(H2,22,23,26). The van der Waals surface area contributed by atoms with Crippen LogP contribution in [0.4, 0.5) is 16.2 Å². The summed E-state index contributed by atoms with van der Waals surface area (Å²) in [6, 6.07) is 12.0. The molecule has 7 nitrogen and oxygen atoms in total. The summed E-state index contributed by atoms with van der Waals surface area (Å²) in [6.45, 7) is 4.65. The van der Waals surface area contributed by atoms with Crippen molar-refractivity contribution < 1.29 is 19.1 Å². The van der Waals surface area contributed by atoms with Gasteiger partial charge in [0.05, 0.1) is 0 Å². The summed E-state index contributed by atoms with van der Waals surface area (Å²) in [5.74, 6) is 1.08. The maximum Gasteiger partial charge on any atom is 0.319 e. The molecule has 0 radical (unpaired) electrons. The topological polar surface area (TPSA) is 79.9 Å². The Kier molecular flexibility index (Phi) is 4.81. The van der Waals surface area contributed by atoms with Crippen LogP contribution in [0.15, 0.2) is 42.5 Å². The van der Waals surface area contributed by atoms with E-state index in [9.17, 15) is 9.59 Å². The third-order valence-electron chi connectivity index (χ3n) is 5.00. The van der Waals surface area contributed by atoms with E-state index in [1.165, 1.54) is 0 Å². The van der Waals surface area contributed by atoms with Crippen LogP contribution in [0.25, 0.3) is 0 Å². The minimum Gasteiger partial charge on any atom is -0.454 e. The van der Waals surface area contributed by atoms with Crippen LogP contribution < -0.4 is 25.0 Å². The zero-order valence-electron chi connectivity index (χ0n) is 15.9. The highest BCUT2D eigenvalue weighted by Gasteiger charge is 2.32. The average molecular weight is 381 g/mol. The van der Waals surface area contributed by atoms with Crippen molar-refractivity contribution in [3.05, 3.63) is 48.0 Å². The van der Waals surface area contributed by atoms with Gasteiger partial charge in [-0.3, -0.25) is 4.79 Å². The molecule has 0 saturated carbocycles. The Morgan fingerprint density at radius 2 is 1.86 bits per heavy atom. The van der Waals surface area contributed by atoms with Gasteiger partial charge < -0.3 is 25.0 Å². The quantitative estimate of drug-likeness (QED) is 0.853. The van der Waals surface area contributed by atoms with Crippen molar-refractivity contribution in [3.63, 3.8) is 0 Å². The lowest BCUT2D eigenvalue weighted by atomic mass is 10.0. The average Bonchev–Trinajstić information content (AvgIpc) is 3.31. The lowest BCUT2D eigenvalue weighted by Gasteiger charge is -2.27. The third kappa shape index (κ3) is 3.47. The normalized spacial score (nSPS) is 15.3. The number of rotatable bonds is 4. The molecule has 2 heterocycles. The smallest absolute Gasteiger partial charge is 0.319 e. The Morgan fingerprint density at radius 3 is 2.68 bits per heavy atom. The molecule has 4 rings (SSSR count). The van der Waals surface area contributed by atoms with Crippen molar-refractivity contribution in [2.45, 2.75) is 26.3 Å². The lowest BCUT2D eigenvalue weighted by molar-refractivity contribution is -0.121. The molecule has 28 heavy (non-hydrogen) atoms. The van der Waals surface area contributed by atoms with Crippen molar-refractivity contribution >= 4 is 23.3 Å². The van der Waals surface area contributed by atoms with Crippen LogP contribution in [-0.4, -0.2) is 31.3 Å². The van der Waals surface area contributed by atoms with Crippen LogP contribution in [0.5, 0.6) is 11.5 Å². The minimum absolute atomic E-state index is 0.0530. The van der Waals surface area contributed by atoms with Gasteiger partial charge in [-0.05, 0) is 36.1 Å². The molecule has 1 unspecified atom stereocenters. The van der Waals surface area contributed by atoms with E-state index in [0.717, 1.165) is 17.7 Å². The van der Waals surface area contributed by atoms with Crippen LogP contribution in [-0.2, 0) is 11.2 Å². The summed E-state index contributed by atoms with van der Waals surface area (Å²) in [5, 5.41) is 5.59. The zero-order valence-corrected chi connectivity index (χ0v) is 15.9. The van der Waals surface area contributed by atoms with Gasteiger partial charge >= 0.3 is 6.03 Å². The number of ether oxygens (including phenoxy) is 2. The Hall–Kier alpha value is -3.22. The number of hydrogen-bond donors (Lipinski definition) is 2. The predicted molar refractivity (Wildman–Crippen MR) is 106 cm³/mol. The molecule has 3 amide bonds. The van der Waals surface area contributed by atoms with Gasteiger partial charge in [-0.25, -0.2) is 4.79 Å². The molecule has 0 aliphatic carbocycles. The van der Waals surface area contributed by atoms with Gasteiger partial charge in [-0.15, -0.1) is 0 Å². The van der Waals surface area contributed by atoms with Gasteiger partial charge in [0.15, 0.2) is 11.5 Å². The van der Waals surface area contributed by atoms with Gasteiger partial charge in [0.25, 0.3) is 0 Å². The fourth-order valence-electron chi connectivity index (χ4n) is 3.53. The fraction of sp³-hybridized carbons (Fsp3) is 0.333. The number of nitrogens with zero attached hydrogens (tertiary/aromatic N) is 1. The van der Waals surface area contributed by atoms with Crippen LogP contribution in [0, 0.1) is 5.92 Å². The fourth-order valence-corrected chi connectivity index (χ4v) is 3.53. The highest BCUT2D eigenvalue weighted by atomic mass is 16.7. The van der Waals surface area contributed by atoms with E-state index in [0.29, 0.717) is 23.7 Å². The summed E-state index contributed by atoms with van der Waals surface area (Å²) in [4.78, 5) is 27.4. The molecule has 0 bridgehead atoms. The van der Waals surface area contributed by atoms with Gasteiger partial charge in [0.2, 0.25) is 12.7 Å². The predicted octanol–water partition coefficient (Wildman–Crippen LogP) is 3.15. The molecule has 2 aliphatic rings. The van der Waals surface area contributed by atoms with Crippen molar-refractivity contribution in [1.29, 1.82) is 0 Å². The molecule has 146 valence electrons. The molecule has 0 aromatic heterocycles. The SMILES string of the molecule is CC(C)C(NC(=O)Nc1ccc2c(c1)OCO2)C(=O)N1CCc2ccccc21. The molecule has 0 fully saturated rings. The molecule has 7 heteroatoms. The van der Waals surface area contributed by atoms with Crippen molar-refractivity contribution in [2.75, 3.05) is 23.6 Å². The Bertz CT molecular complexity index is 912. The second-order valence-corrected chi connectivity index (χ2v) is 7.26. The number of fused-ring (bicyclic) bond motifs is 2. The van der Waals surface area contributed by atoms with Crippen LogP contribution >= 0.6 is 0 Å². The van der Waals surface area contributed by atoms with E-state index in [1.54, 1.807) is 23.1 Å². The van der Waals surface area contributed by atoms with Crippen molar-refractivity contribution in [2.24, 2.45) is 5.92 Å². The molecular formula is C21H23N3O4. The van der Waals surface area contributed by atoms with E-state index >= 15 is 0 Å². The first-order valence-electron chi connectivity index (χ1n) is 9.39. The Labute approximate surface area is 163 Å². The van der Waals surface area contributed by atoms with Gasteiger partial charge in [-0.1, -0.05) is 32.0 Å². The van der Waals surface area contributed by atoms with E-state index in [1.807, 2.05) is 38.1 Å². The maximum absolute atomic E-state index is 13.1. The number of urea groups is 1. The number of benzene rings is 2. The monoisotopic (exact) mass is 381 g/mol. The van der Waals surface area contributed by atoms with Gasteiger partial charge in [0, 0.05) is 24.0 Å². The first-order chi connectivity index (χ1) is 13.5. The summed E-state index contributed by atoms with van der Waals surface area (Å²) in [6.07, 6.45) is 0.829. The van der Waals surface area contributed by atoms with E-state index in [4.69, 9.17) is 9.47 Å². The number of para-hydroxylation sites is 1. The Balaban J connectivity index is 1.45. The summed E-state index contributed by atoms with van der Waals surface area (Å²) >= 11 is 0. The zero-order chi connectivity index (χ0) is 19.7. The molecule has 0 spiro atoms. The highest BCUT2D eigenvalue weighted by Crippen LogP contribution is 2.34. The van der Waals surface area contributed by atoms with E-state index in [2.05, 4.69) is 10.6 Å². The van der Waals surface area contributed by atoms with Crippen LogP contribution in [0.3, 0.4) is 0 Å². The van der Waals surface area contributed by atoms with Crippen molar-refractivity contribution in [1.82, 2.24) is 5.32 Å². The highest BCUT2D eigenvalue weighted by molar-refractivity contribution is 6.02. The number of amides is 3. The van der Waals surface area contributed by atoms with Gasteiger partial charge in [-0.2, -0.15) is 0 Å². The molecule has 2 aromatic rings. The number of hydrogen-bond acceptors (Lipinski definition) is 4. The minimum atomic E-state index is -0.625. The van der Waals surface area contributed by atoms with Crippen LogP contribution in [0.1, 0.15) is 19.4 Å². The maximum atomic E-state index is 13.1. The van der Waals surface area contributed by atoms with Crippen molar-refractivity contribution in [3.8, 4) is 11.5 Å². The second kappa shape index (κ2) is 7.42. The van der Waals surface area contributed by atoms with E-state index < -0.39 is 12.1 Å². The number of carbonyl (C=O) groups excluding carboxylic acids is 2. The summed E-state index contributed by atoms with van der Waals surface area (Å²) < 4.78 is 10.6. The number of anilines is 2. The molecule has 2 aliphatic heterocycles. The molecule has 2 N–H and O–H groups in total. The second-order valence-electron chi connectivity index (χ2n) is 7.26. The molecule has 1 atom stereocenters. The van der Waals surface area contributed by atoms with Crippen LogP contribution in [0.2, 0.25) is 0 Å². The first-order valence-corrected chi connectivity index (χ1v) is 9.39. The summed E-state index contributed by atoms with van der Waals surface area (Å²) in [7, 11) is 0. The molecular weight excluding hydrogens is 358 g/mol. The Morgan fingerprint density at radius 1 is 1.07 bits per heavy atom. The lowest BCUT2D eigenvalue weighted by Crippen LogP contribution is -2.52. The van der Waals surface area contributed by atoms with E-state index in [-0.39, 0.29) is 18.6 Å². The third-order valence-corrected chi connectivity index (χ3v) is 5.00. The number of carbonyl (C=O) groups is 2. The van der Waals surface area contributed by atoms with Gasteiger partial charge in [0.1, 0.15) is 6.04 Å².